The summed E-state index contributed by atoms with van der Waals surface area (Å²) in [6, 6.07) is 50.4. The van der Waals surface area contributed by atoms with E-state index >= 15 is 0 Å². The molecule has 0 N–H and O–H groups in total. The first-order valence-corrected chi connectivity index (χ1v) is 17.4. The Morgan fingerprint density at radius 3 is 1.70 bits per heavy atom. The van der Waals surface area contributed by atoms with Crippen molar-refractivity contribution in [1.29, 1.82) is 0 Å². The van der Waals surface area contributed by atoms with Crippen LogP contribution in [-0.2, 0) is 0 Å². The number of allylic oxidation sites excluding steroid dienone is 4. The second-order valence-corrected chi connectivity index (χ2v) is 13.5. The Bertz CT molecular complexity index is 3030. The fraction of sp³-hybridized carbons (Fsp3) is 0.0417. The van der Waals surface area contributed by atoms with E-state index in [0.717, 1.165) is 78.6 Å². The minimum Gasteiger partial charge on any atom is -0.455 e. The Hall–Kier alpha value is -6.38. The second kappa shape index (κ2) is 10.6. The molecule has 2 heterocycles. The largest absolute Gasteiger partial charge is 0.455 e. The van der Waals surface area contributed by atoms with Crippen molar-refractivity contribution in [2.75, 3.05) is 0 Å². The van der Waals surface area contributed by atoms with Gasteiger partial charge < -0.3 is 8.83 Å². The van der Waals surface area contributed by atoms with Crippen LogP contribution in [0.4, 0.5) is 0 Å². The summed E-state index contributed by atoms with van der Waals surface area (Å²) in [7, 11) is 0. The first-order chi connectivity index (χ1) is 24.8. The number of furan rings is 2. The molecule has 0 saturated heterocycles. The molecule has 0 saturated carbocycles. The van der Waals surface area contributed by atoms with Crippen molar-refractivity contribution in [3.8, 4) is 22.3 Å². The molecular formula is C48H30O2. The molecule has 0 fully saturated rings. The zero-order valence-electron chi connectivity index (χ0n) is 27.2. The van der Waals surface area contributed by atoms with Crippen molar-refractivity contribution in [2.24, 2.45) is 0 Å². The van der Waals surface area contributed by atoms with Crippen LogP contribution < -0.4 is 0 Å². The average Bonchev–Trinajstić information content (AvgIpc) is 3.75. The van der Waals surface area contributed by atoms with Gasteiger partial charge >= 0.3 is 0 Å². The average molecular weight is 639 g/mol. The highest BCUT2D eigenvalue weighted by Gasteiger charge is 2.20. The van der Waals surface area contributed by atoms with E-state index in [0.29, 0.717) is 0 Å². The van der Waals surface area contributed by atoms with Gasteiger partial charge in [-0.15, -0.1) is 0 Å². The Morgan fingerprint density at radius 2 is 1.00 bits per heavy atom. The highest BCUT2D eigenvalue weighted by Crippen LogP contribution is 2.45. The summed E-state index contributed by atoms with van der Waals surface area (Å²) in [5.41, 5.74) is 11.1. The molecule has 0 amide bonds. The van der Waals surface area contributed by atoms with Gasteiger partial charge in [0.25, 0.3) is 0 Å². The lowest BCUT2D eigenvalue weighted by Gasteiger charge is -2.20. The lowest BCUT2D eigenvalue weighted by atomic mass is 9.83. The molecule has 10 aromatic rings. The Labute approximate surface area is 288 Å². The van der Waals surface area contributed by atoms with E-state index in [1.807, 2.05) is 12.1 Å². The van der Waals surface area contributed by atoms with Crippen LogP contribution in [0.3, 0.4) is 0 Å². The molecule has 2 aromatic heterocycles. The van der Waals surface area contributed by atoms with Crippen LogP contribution in [0.25, 0.3) is 104 Å². The third kappa shape index (κ3) is 3.96. The zero-order chi connectivity index (χ0) is 32.8. The highest BCUT2D eigenvalue weighted by atomic mass is 16.3. The topological polar surface area (TPSA) is 26.3 Å². The van der Waals surface area contributed by atoms with E-state index in [2.05, 4.69) is 146 Å². The van der Waals surface area contributed by atoms with Crippen LogP contribution in [0.1, 0.15) is 18.4 Å². The van der Waals surface area contributed by atoms with Crippen molar-refractivity contribution >= 4 is 81.8 Å². The summed E-state index contributed by atoms with van der Waals surface area (Å²) in [4.78, 5) is 0. The molecule has 2 heteroatoms. The molecule has 0 unspecified atom stereocenters. The highest BCUT2D eigenvalue weighted by molar-refractivity contribution is 6.25. The van der Waals surface area contributed by atoms with Crippen molar-refractivity contribution in [3.63, 3.8) is 0 Å². The van der Waals surface area contributed by atoms with Crippen LogP contribution in [0.15, 0.2) is 167 Å². The lowest BCUT2D eigenvalue weighted by Crippen LogP contribution is -1.95. The summed E-state index contributed by atoms with van der Waals surface area (Å²) in [5.74, 6) is 0. The molecule has 8 aromatic carbocycles. The molecule has 0 bridgehead atoms. The molecular weight excluding hydrogens is 609 g/mol. The van der Waals surface area contributed by atoms with Gasteiger partial charge in [0.2, 0.25) is 0 Å². The lowest BCUT2D eigenvalue weighted by molar-refractivity contribution is 0.663. The minimum absolute atomic E-state index is 0.870. The van der Waals surface area contributed by atoms with Crippen LogP contribution >= 0.6 is 0 Å². The van der Waals surface area contributed by atoms with Gasteiger partial charge in [0, 0.05) is 21.5 Å². The van der Waals surface area contributed by atoms with Crippen molar-refractivity contribution < 1.29 is 8.83 Å². The van der Waals surface area contributed by atoms with Crippen molar-refractivity contribution in [2.45, 2.75) is 12.8 Å². The van der Waals surface area contributed by atoms with Crippen molar-refractivity contribution in [3.05, 3.63) is 163 Å². The number of fused-ring (bicyclic) bond motifs is 11. The summed E-state index contributed by atoms with van der Waals surface area (Å²) < 4.78 is 13.2. The Morgan fingerprint density at radius 1 is 0.420 bits per heavy atom. The molecule has 0 aliphatic heterocycles. The number of benzene rings is 8. The molecule has 2 nitrogen and oxygen atoms in total. The summed E-state index contributed by atoms with van der Waals surface area (Å²) in [5, 5.41) is 11.8. The molecule has 0 atom stereocenters. The van der Waals surface area contributed by atoms with E-state index in [1.54, 1.807) is 0 Å². The summed E-state index contributed by atoms with van der Waals surface area (Å²) >= 11 is 0. The van der Waals surface area contributed by atoms with Gasteiger partial charge in [-0.05, 0) is 110 Å². The quantitative estimate of drug-likeness (QED) is 0.180. The fourth-order valence-electron chi connectivity index (χ4n) is 8.45. The third-order valence-corrected chi connectivity index (χ3v) is 10.7. The van der Waals surface area contributed by atoms with Crippen molar-refractivity contribution in [1.82, 2.24) is 0 Å². The summed E-state index contributed by atoms with van der Waals surface area (Å²) in [6.07, 6.45) is 8.91. The normalized spacial score (nSPS) is 13.5. The van der Waals surface area contributed by atoms with E-state index in [4.69, 9.17) is 8.83 Å². The zero-order valence-corrected chi connectivity index (χ0v) is 27.2. The molecule has 234 valence electrons. The predicted molar refractivity (Wildman–Crippen MR) is 211 cm³/mol. The maximum atomic E-state index is 6.76. The Balaban J connectivity index is 1.10. The van der Waals surface area contributed by atoms with Gasteiger partial charge in [0.1, 0.15) is 22.3 Å². The smallest absolute Gasteiger partial charge is 0.147 e. The third-order valence-electron chi connectivity index (χ3n) is 10.7. The van der Waals surface area contributed by atoms with Crippen LogP contribution in [-0.4, -0.2) is 0 Å². The maximum Gasteiger partial charge on any atom is 0.147 e. The van der Waals surface area contributed by atoms with Crippen LogP contribution in [0, 0.1) is 0 Å². The molecule has 0 spiro atoms. The first-order valence-electron chi connectivity index (χ1n) is 17.4. The van der Waals surface area contributed by atoms with Crippen LogP contribution in [0.2, 0.25) is 0 Å². The minimum atomic E-state index is 0.870. The molecule has 1 aliphatic carbocycles. The van der Waals surface area contributed by atoms with Gasteiger partial charge in [-0.1, -0.05) is 121 Å². The molecule has 50 heavy (non-hydrogen) atoms. The van der Waals surface area contributed by atoms with E-state index in [9.17, 15) is 0 Å². The fourth-order valence-corrected chi connectivity index (χ4v) is 8.45. The van der Waals surface area contributed by atoms with Gasteiger partial charge in [-0.2, -0.15) is 0 Å². The molecule has 11 rings (SSSR count). The number of hydrogen-bond acceptors (Lipinski definition) is 2. The number of para-hydroxylation sites is 1. The standard InChI is InChI=1S/C48H30O2/c1-2-11-29(12-3-1)44-36-16-4-6-18-38(36)45(39-19-7-5-17-37(39)44)33-14-10-13-31(27-33)32-23-24-35-41-26-22-30-21-25-40-34-15-8-9-20-42(34)49-47(40)46(30)48(41)50-43(35)28-32/h1-2,4-11,13-28H,3,12H2. The monoisotopic (exact) mass is 638 g/mol. The number of hydrogen-bond donors (Lipinski definition) is 0. The van der Waals surface area contributed by atoms with E-state index in [1.165, 1.54) is 43.8 Å². The van der Waals surface area contributed by atoms with E-state index < -0.39 is 0 Å². The molecule has 0 radical (unpaired) electrons. The van der Waals surface area contributed by atoms with E-state index in [-0.39, 0.29) is 0 Å². The number of rotatable bonds is 3. The van der Waals surface area contributed by atoms with Gasteiger partial charge in [-0.3, -0.25) is 0 Å². The van der Waals surface area contributed by atoms with Crippen LogP contribution in [0.5, 0.6) is 0 Å². The van der Waals surface area contributed by atoms with Gasteiger partial charge in [-0.25, -0.2) is 0 Å². The second-order valence-electron chi connectivity index (χ2n) is 13.5. The Kier molecular flexibility index (Phi) is 5.82. The van der Waals surface area contributed by atoms with Gasteiger partial charge in [0.05, 0.1) is 5.39 Å². The summed E-state index contributed by atoms with van der Waals surface area (Å²) in [6.45, 7) is 0. The predicted octanol–water partition coefficient (Wildman–Crippen LogP) is 14.0. The van der Waals surface area contributed by atoms with Gasteiger partial charge in [0.15, 0.2) is 0 Å². The SMILES string of the molecule is C1=CCCC(c2c3ccccc3c(-c3cccc(-c4ccc5c(c4)oc4c5ccc5ccc6c7ccccc7oc6c54)c3)c3ccccc23)=C1. The molecule has 1 aliphatic rings. The first kappa shape index (κ1) is 27.6. The maximum absolute atomic E-state index is 6.76.